The Labute approximate surface area is 215 Å². The fourth-order valence-electron chi connectivity index (χ4n) is 3.52. The fourth-order valence-corrected chi connectivity index (χ4v) is 3.52. The number of alkyl halides is 3. The predicted molar refractivity (Wildman–Crippen MR) is 129 cm³/mol. The number of halogens is 3. The largest absolute Gasteiger partial charge is 0.493 e. The molecule has 9 nitrogen and oxygen atoms in total. The first-order chi connectivity index (χ1) is 17.9. The zero-order valence-electron chi connectivity index (χ0n) is 21.0. The maximum Gasteiger partial charge on any atom is 0.490 e. The van der Waals surface area contributed by atoms with Crippen molar-refractivity contribution in [3.05, 3.63) is 59.4 Å². The third kappa shape index (κ3) is 6.69. The molecule has 38 heavy (non-hydrogen) atoms. The van der Waals surface area contributed by atoms with Crippen LogP contribution in [0.5, 0.6) is 17.2 Å². The van der Waals surface area contributed by atoms with Crippen molar-refractivity contribution in [2.45, 2.75) is 32.7 Å². The minimum atomic E-state index is -5.21. The highest BCUT2D eigenvalue weighted by Gasteiger charge is 2.41. The molecule has 3 rings (SSSR count). The van der Waals surface area contributed by atoms with Gasteiger partial charge in [0.2, 0.25) is 5.78 Å². The number of nitrogens with one attached hydrogen (secondary N) is 1. The molecule has 202 valence electrons. The van der Waals surface area contributed by atoms with E-state index in [9.17, 15) is 27.6 Å². The van der Waals surface area contributed by atoms with Gasteiger partial charge in [0.25, 0.3) is 5.91 Å². The monoisotopic (exact) mass is 534 g/mol. The zero-order chi connectivity index (χ0) is 28.0. The topological polar surface area (TPSA) is 113 Å². The molecular formula is C26H25F3N2O7. The molecule has 0 aliphatic rings. The first-order valence-corrected chi connectivity index (χ1v) is 11.3. The number of methoxy groups -OCH3 is 2. The molecule has 3 aromatic rings. The molecule has 0 unspecified atom stereocenters. The van der Waals surface area contributed by atoms with E-state index in [1.54, 1.807) is 36.4 Å². The van der Waals surface area contributed by atoms with E-state index in [0.717, 1.165) is 0 Å². The van der Waals surface area contributed by atoms with Crippen LogP contribution in [0.3, 0.4) is 0 Å². The summed E-state index contributed by atoms with van der Waals surface area (Å²) in [6, 6.07) is 9.81. The highest BCUT2D eigenvalue weighted by Crippen LogP contribution is 2.35. The van der Waals surface area contributed by atoms with Gasteiger partial charge in [0.05, 0.1) is 20.3 Å². The molecule has 12 heteroatoms. The van der Waals surface area contributed by atoms with Crippen molar-refractivity contribution in [1.82, 2.24) is 10.3 Å². The molecule has 0 aliphatic carbocycles. The highest BCUT2D eigenvalue weighted by molar-refractivity contribution is 6.15. The van der Waals surface area contributed by atoms with Crippen LogP contribution in [0.2, 0.25) is 0 Å². The number of benzene rings is 2. The van der Waals surface area contributed by atoms with E-state index < -0.39 is 30.4 Å². The average Bonchev–Trinajstić information content (AvgIpc) is 2.88. The average molecular weight is 534 g/mol. The Hall–Kier alpha value is -4.35. The summed E-state index contributed by atoms with van der Waals surface area (Å²) in [5, 5.41) is 3.24. The number of pyridine rings is 1. The van der Waals surface area contributed by atoms with Gasteiger partial charge in [-0.05, 0) is 49.1 Å². The van der Waals surface area contributed by atoms with Crippen LogP contribution in [0, 0.1) is 0 Å². The first-order valence-electron chi connectivity index (χ1n) is 11.3. The lowest BCUT2D eigenvalue weighted by atomic mass is 9.99. The van der Waals surface area contributed by atoms with Crippen LogP contribution in [-0.2, 0) is 20.9 Å². The predicted octanol–water partition coefficient (Wildman–Crippen LogP) is 3.99. The summed E-state index contributed by atoms with van der Waals surface area (Å²) in [5.41, 5.74) is 0.848. The minimum absolute atomic E-state index is 0.0943. The summed E-state index contributed by atoms with van der Waals surface area (Å²) in [4.78, 5) is 40.6. The SMILES string of the molecule is COc1cc2c(CNC(=O)COC(=O)C(F)(F)F)cnc(C(=O)c3cccc(OC(C)C)c3)c2cc1OC. The van der Waals surface area contributed by atoms with Gasteiger partial charge >= 0.3 is 12.1 Å². The van der Waals surface area contributed by atoms with E-state index in [1.165, 1.54) is 20.4 Å². The molecular weight excluding hydrogens is 509 g/mol. The molecule has 0 atom stereocenters. The fraction of sp³-hybridized carbons (Fsp3) is 0.308. The second-order valence-corrected chi connectivity index (χ2v) is 8.26. The zero-order valence-corrected chi connectivity index (χ0v) is 21.0. The Morgan fingerprint density at radius 1 is 1.00 bits per heavy atom. The summed E-state index contributed by atoms with van der Waals surface area (Å²) in [5.74, 6) is -2.65. The van der Waals surface area contributed by atoms with Crippen LogP contribution in [0.15, 0.2) is 42.6 Å². The Morgan fingerprint density at radius 2 is 1.66 bits per heavy atom. The number of nitrogens with zero attached hydrogens (tertiary/aromatic N) is 1. The molecule has 0 radical (unpaired) electrons. The van der Waals surface area contributed by atoms with Gasteiger partial charge in [-0.2, -0.15) is 13.2 Å². The third-order valence-electron chi connectivity index (χ3n) is 5.20. The number of carbonyl (C=O) groups excluding carboxylic acids is 3. The van der Waals surface area contributed by atoms with Crippen LogP contribution < -0.4 is 19.5 Å². The summed E-state index contributed by atoms with van der Waals surface area (Å²) < 4.78 is 57.2. The van der Waals surface area contributed by atoms with Gasteiger partial charge in [0, 0.05) is 23.7 Å². The number of aromatic nitrogens is 1. The second-order valence-electron chi connectivity index (χ2n) is 8.26. The molecule has 1 aromatic heterocycles. The van der Waals surface area contributed by atoms with Gasteiger partial charge in [-0.1, -0.05) is 12.1 Å². The quantitative estimate of drug-likeness (QED) is 0.307. The Morgan fingerprint density at radius 3 is 2.26 bits per heavy atom. The van der Waals surface area contributed by atoms with E-state index in [4.69, 9.17) is 14.2 Å². The van der Waals surface area contributed by atoms with Crippen molar-refractivity contribution < 1.29 is 46.5 Å². The van der Waals surface area contributed by atoms with Crippen LogP contribution >= 0.6 is 0 Å². The van der Waals surface area contributed by atoms with Crippen molar-refractivity contribution in [3.8, 4) is 17.2 Å². The molecule has 2 aromatic carbocycles. The van der Waals surface area contributed by atoms with Crippen molar-refractivity contribution in [2.24, 2.45) is 0 Å². The lowest BCUT2D eigenvalue weighted by Gasteiger charge is -2.15. The standard InChI is InChI=1S/C26H25F3N2O7/c1-14(2)38-17-7-5-6-15(8-17)24(33)23-19-10-21(36-4)20(35-3)9-18(19)16(12-31-23)11-30-22(32)13-37-25(34)26(27,28)29/h5-10,12,14H,11,13H2,1-4H3,(H,30,32). The first kappa shape index (κ1) is 28.2. The normalized spacial score (nSPS) is 11.3. The molecule has 0 saturated carbocycles. The molecule has 1 N–H and O–H groups in total. The molecule has 0 bridgehead atoms. The van der Waals surface area contributed by atoms with Crippen LogP contribution in [-0.4, -0.2) is 55.8 Å². The van der Waals surface area contributed by atoms with Gasteiger partial charge in [-0.25, -0.2) is 4.79 Å². The van der Waals surface area contributed by atoms with Gasteiger partial charge in [-0.15, -0.1) is 0 Å². The van der Waals surface area contributed by atoms with E-state index in [1.807, 2.05) is 13.8 Å². The summed E-state index contributed by atoms with van der Waals surface area (Å²) in [7, 11) is 2.85. The van der Waals surface area contributed by atoms with Gasteiger partial charge in [-0.3, -0.25) is 14.6 Å². The highest BCUT2D eigenvalue weighted by atomic mass is 19.4. The van der Waals surface area contributed by atoms with Crippen molar-refractivity contribution in [2.75, 3.05) is 20.8 Å². The summed E-state index contributed by atoms with van der Waals surface area (Å²) in [6.45, 7) is 2.42. The number of esters is 1. The van der Waals surface area contributed by atoms with Crippen LogP contribution in [0.25, 0.3) is 10.8 Å². The van der Waals surface area contributed by atoms with E-state index >= 15 is 0 Å². The molecule has 0 fully saturated rings. The van der Waals surface area contributed by atoms with Crippen LogP contribution in [0.4, 0.5) is 13.2 Å². The van der Waals surface area contributed by atoms with E-state index in [2.05, 4.69) is 15.0 Å². The van der Waals surface area contributed by atoms with Crippen LogP contribution in [0.1, 0.15) is 35.5 Å². The van der Waals surface area contributed by atoms with Gasteiger partial charge in [0.1, 0.15) is 11.4 Å². The third-order valence-corrected chi connectivity index (χ3v) is 5.20. The Kier molecular flexibility index (Phi) is 8.76. The number of ketones is 1. The van der Waals surface area contributed by atoms with E-state index in [0.29, 0.717) is 39.1 Å². The van der Waals surface area contributed by atoms with Crippen molar-refractivity contribution >= 4 is 28.4 Å². The Balaban J connectivity index is 1.95. The number of hydrogen-bond donors (Lipinski definition) is 1. The molecule has 0 aliphatic heterocycles. The molecule has 1 heterocycles. The number of ether oxygens (including phenoxy) is 4. The number of fused-ring (bicyclic) bond motifs is 1. The van der Waals surface area contributed by atoms with E-state index in [-0.39, 0.29) is 18.3 Å². The second kappa shape index (κ2) is 11.8. The van der Waals surface area contributed by atoms with Gasteiger partial charge < -0.3 is 24.3 Å². The summed E-state index contributed by atoms with van der Waals surface area (Å²) in [6.07, 6.45) is -3.95. The lowest BCUT2D eigenvalue weighted by Crippen LogP contribution is -2.32. The molecule has 0 saturated heterocycles. The van der Waals surface area contributed by atoms with Crippen molar-refractivity contribution in [1.29, 1.82) is 0 Å². The smallest absolute Gasteiger partial charge is 0.490 e. The Bertz CT molecular complexity index is 1360. The molecule has 0 spiro atoms. The number of hydrogen-bond acceptors (Lipinski definition) is 8. The maximum atomic E-state index is 13.5. The van der Waals surface area contributed by atoms with Gasteiger partial charge in [0.15, 0.2) is 18.1 Å². The lowest BCUT2D eigenvalue weighted by molar-refractivity contribution is -0.200. The number of rotatable bonds is 10. The summed E-state index contributed by atoms with van der Waals surface area (Å²) >= 11 is 0. The molecule has 1 amide bonds. The minimum Gasteiger partial charge on any atom is -0.493 e. The maximum absolute atomic E-state index is 13.5. The van der Waals surface area contributed by atoms with Crippen molar-refractivity contribution in [3.63, 3.8) is 0 Å². The number of carbonyl (C=O) groups is 3. The number of amides is 1.